The highest BCUT2D eigenvalue weighted by molar-refractivity contribution is 6.42. The van der Waals surface area contributed by atoms with Gasteiger partial charge in [0.15, 0.2) is 0 Å². The van der Waals surface area contributed by atoms with Crippen LogP contribution < -0.4 is 10.1 Å². The van der Waals surface area contributed by atoms with Gasteiger partial charge in [0.2, 0.25) is 0 Å². The number of hydrogen-bond donors (Lipinski definition) is 1. The van der Waals surface area contributed by atoms with Crippen molar-refractivity contribution in [3.05, 3.63) is 52.3 Å². The topological polar surface area (TPSA) is 34.2 Å². The van der Waals surface area contributed by atoms with E-state index in [4.69, 9.17) is 27.9 Å². The fourth-order valence-electron chi connectivity index (χ4n) is 1.52. The molecule has 1 aromatic carbocycles. The van der Waals surface area contributed by atoms with Gasteiger partial charge in [-0.2, -0.15) is 0 Å². The number of aromatic nitrogens is 1. The van der Waals surface area contributed by atoms with Gasteiger partial charge in [-0.25, -0.2) is 0 Å². The van der Waals surface area contributed by atoms with E-state index >= 15 is 0 Å². The Morgan fingerprint density at radius 1 is 1.22 bits per heavy atom. The molecular weight excluding hydrogens is 271 g/mol. The Balaban J connectivity index is 2.31. The van der Waals surface area contributed by atoms with Gasteiger partial charge < -0.3 is 10.1 Å². The number of rotatable bonds is 4. The summed E-state index contributed by atoms with van der Waals surface area (Å²) in [6.07, 6.45) is 3.43. The second-order valence-electron chi connectivity index (χ2n) is 3.67. The predicted molar refractivity (Wildman–Crippen MR) is 73.5 cm³/mol. The molecule has 5 heteroatoms. The van der Waals surface area contributed by atoms with Crippen LogP contribution in [0.25, 0.3) is 0 Å². The van der Waals surface area contributed by atoms with Crippen molar-refractivity contribution in [1.29, 1.82) is 0 Å². The van der Waals surface area contributed by atoms with Crippen LogP contribution in [0.3, 0.4) is 0 Å². The summed E-state index contributed by atoms with van der Waals surface area (Å²) in [5.74, 6) is 1.25. The standard InChI is InChI=1S/C13H12Cl2N2O/c1-16-7-9-8-17-6-5-11(9)18-12-4-2-3-10(14)13(12)15/h2-6,8,16H,7H2,1H3. The molecule has 0 unspecified atom stereocenters. The summed E-state index contributed by atoms with van der Waals surface area (Å²) in [6, 6.07) is 7.09. The molecule has 2 rings (SSSR count). The van der Waals surface area contributed by atoms with Crippen molar-refractivity contribution in [1.82, 2.24) is 10.3 Å². The Hall–Kier alpha value is -1.29. The van der Waals surface area contributed by atoms with Crippen LogP contribution in [0.5, 0.6) is 11.5 Å². The maximum atomic E-state index is 6.08. The van der Waals surface area contributed by atoms with E-state index in [2.05, 4.69) is 10.3 Å². The molecule has 0 saturated carbocycles. The molecule has 2 aromatic rings. The molecule has 1 heterocycles. The zero-order chi connectivity index (χ0) is 13.0. The number of ether oxygens (including phenoxy) is 1. The van der Waals surface area contributed by atoms with Crippen LogP contribution >= 0.6 is 23.2 Å². The Bertz CT molecular complexity index is 546. The van der Waals surface area contributed by atoms with Crippen LogP contribution in [0.1, 0.15) is 5.56 Å². The zero-order valence-electron chi connectivity index (χ0n) is 9.78. The molecule has 18 heavy (non-hydrogen) atoms. The summed E-state index contributed by atoms with van der Waals surface area (Å²) < 4.78 is 5.78. The van der Waals surface area contributed by atoms with E-state index in [1.54, 1.807) is 36.7 Å². The molecule has 0 amide bonds. The third-order valence-corrected chi connectivity index (χ3v) is 3.16. The van der Waals surface area contributed by atoms with Crippen LogP contribution in [0, 0.1) is 0 Å². The minimum Gasteiger partial charge on any atom is -0.455 e. The Morgan fingerprint density at radius 3 is 2.83 bits per heavy atom. The number of pyridine rings is 1. The molecule has 0 aliphatic carbocycles. The van der Waals surface area contributed by atoms with Crippen LogP contribution in [0.2, 0.25) is 10.0 Å². The van der Waals surface area contributed by atoms with Gasteiger partial charge in [-0.1, -0.05) is 29.3 Å². The second-order valence-corrected chi connectivity index (χ2v) is 4.45. The van der Waals surface area contributed by atoms with Gasteiger partial charge in [-0.15, -0.1) is 0 Å². The average molecular weight is 283 g/mol. The summed E-state index contributed by atoms with van der Waals surface area (Å²) in [5, 5.41) is 3.94. The first-order chi connectivity index (χ1) is 8.72. The van der Waals surface area contributed by atoms with Crippen molar-refractivity contribution in [3.63, 3.8) is 0 Å². The zero-order valence-corrected chi connectivity index (χ0v) is 11.3. The molecule has 1 N–H and O–H groups in total. The summed E-state index contributed by atoms with van der Waals surface area (Å²) in [7, 11) is 1.86. The minimum atomic E-state index is 0.409. The summed E-state index contributed by atoms with van der Waals surface area (Å²) in [6.45, 7) is 0.668. The first-order valence-corrected chi connectivity index (χ1v) is 6.17. The molecule has 0 radical (unpaired) electrons. The van der Waals surface area contributed by atoms with Crippen molar-refractivity contribution in [3.8, 4) is 11.5 Å². The van der Waals surface area contributed by atoms with E-state index in [-0.39, 0.29) is 0 Å². The first-order valence-electron chi connectivity index (χ1n) is 5.41. The lowest BCUT2D eigenvalue weighted by Gasteiger charge is -2.11. The third kappa shape index (κ3) is 2.93. The molecule has 0 aliphatic rings. The molecule has 1 aromatic heterocycles. The van der Waals surface area contributed by atoms with Gasteiger partial charge in [0, 0.05) is 24.5 Å². The summed E-state index contributed by atoms with van der Waals surface area (Å²) in [4.78, 5) is 4.07. The fourth-order valence-corrected chi connectivity index (χ4v) is 1.85. The van der Waals surface area contributed by atoms with E-state index in [0.29, 0.717) is 28.1 Å². The van der Waals surface area contributed by atoms with E-state index in [1.807, 2.05) is 7.05 Å². The highest BCUT2D eigenvalue weighted by atomic mass is 35.5. The van der Waals surface area contributed by atoms with Gasteiger partial charge in [-0.3, -0.25) is 4.98 Å². The van der Waals surface area contributed by atoms with Crippen molar-refractivity contribution in [2.75, 3.05) is 7.05 Å². The smallest absolute Gasteiger partial charge is 0.147 e. The van der Waals surface area contributed by atoms with Gasteiger partial charge >= 0.3 is 0 Å². The van der Waals surface area contributed by atoms with Gasteiger partial charge in [0.1, 0.15) is 16.5 Å². The van der Waals surface area contributed by atoms with E-state index in [9.17, 15) is 0 Å². The van der Waals surface area contributed by atoms with Crippen molar-refractivity contribution in [2.45, 2.75) is 6.54 Å². The lowest BCUT2D eigenvalue weighted by Crippen LogP contribution is -2.06. The van der Waals surface area contributed by atoms with E-state index in [0.717, 1.165) is 5.56 Å². The Labute approximate surface area is 116 Å². The molecule has 94 valence electrons. The maximum absolute atomic E-state index is 6.08. The Morgan fingerprint density at radius 2 is 2.06 bits per heavy atom. The van der Waals surface area contributed by atoms with Crippen molar-refractivity contribution in [2.24, 2.45) is 0 Å². The normalized spacial score (nSPS) is 10.4. The van der Waals surface area contributed by atoms with Crippen LogP contribution in [-0.2, 0) is 6.54 Å². The number of nitrogens with one attached hydrogen (secondary N) is 1. The second kappa shape index (κ2) is 6.05. The molecule has 0 saturated heterocycles. The quantitative estimate of drug-likeness (QED) is 0.924. The molecule has 0 spiro atoms. The Kier molecular flexibility index (Phi) is 4.42. The maximum Gasteiger partial charge on any atom is 0.147 e. The van der Waals surface area contributed by atoms with Crippen LogP contribution in [0.15, 0.2) is 36.7 Å². The minimum absolute atomic E-state index is 0.409. The molecule has 0 atom stereocenters. The van der Waals surface area contributed by atoms with Gasteiger partial charge in [-0.05, 0) is 25.2 Å². The molecule has 3 nitrogen and oxygen atoms in total. The molecule has 0 bridgehead atoms. The molecular formula is C13H12Cl2N2O. The highest BCUT2D eigenvalue weighted by Gasteiger charge is 2.09. The van der Waals surface area contributed by atoms with Crippen LogP contribution in [-0.4, -0.2) is 12.0 Å². The SMILES string of the molecule is CNCc1cnccc1Oc1cccc(Cl)c1Cl. The van der Waals surface area contributed by atoms with Crippen LogP contribution in [0.4, 0.5) is 0 Å². The summed E-state index contributed by atoms with van der Waals surface area (Å²) in [5.41, 5.74) is 0.955. The monoisotopic (exact) mass is 282 g/mol. The third-order valence-electron chi connectivity index (χ3n) is 2.36. The lowest BCUT2D eigenvalue weighted by atomic mass is 10.2. The molecule has 0 fully saturated rings. The van der Waals surface area contributed by atoms with Crippen molar-refractivity contribution < 1.29 is 4.74 Å². The van der Waals surface area contributed by atoms with Gasteiger partial charge in [0.25, 0.3) is 0 Å². The number of hydrogen-bond acceptors (Lipinski definition) is 3. The number of nitrogens with zero attached hydrogens (tertiary/aromatic N) is 1. The average Bonchev–Trinajstić information content (AvgIpc) is 2.37. The van der Waals surface area contributed by atoms with Gasteiger partial charge in [0.05, 0.1) is 5.02 Å². The van der Waals surface area contributed by atoms with Crippen molar-refractivity contribution >= 4 is 23.2 Å². The first kappa shape index (κ1) is 13.1. The van der Waals surface area contributed by atoms with E-state index < -0.39 is 0 Å². The number of benzene rings is 1. The number of halogens is 2. The highest BCUT2D eigenvalue weighted by Crippen LogP contribution is 2.35. The van der Waals surface area contributed by atoms with E-state index in [1.165, 1.54) is 0 Å². The molecule has 0 aliphatic heterocycles. The fraction of sp³-hybridized carbons (Fsp3) is 0.154. The predicted octanol–water partition coefficient (Wildman–Crippen LogP) is 3.90. The lowest BCUT2D eigenvalue weighted by molar-refractivity contribution is 0.473. The summed E-state index contributed by atoms with van der Waals surface area (Å²) >= 11 is 12.0. The largest absolute Gasteiger partial charge is 0.455 e.